The molecule has 7 nitrogen and oxygen atoms in total. The fourth-order valence-electron chi connectivity index (χ4n) is 4.32. The normalized spacial score (nSPS) is 23.1. The van der Waals surface area contributed by atoms with Gasteiger partial charge in [0.1, 0.15) is 0 Å². The minimum absolute atomic E-state index is 0.0142. The molecule has 3 heterocycles. The van der Waals surface area contributed by atoms with Crippen molar-refractivity contribution in [3.05, 3.63) is 28.7 Å². The molecule has 27 heavy (non-hydrogen) atoms. The molecule has 2 saturated heterocycles. The monoisotopic (exact) mass is 393 g/mol. The molecule has 0 saturated carbocycles. The van der Waals surface area contributed by atoms with E-state index >= 15 is 0 Å². The standard InChI is InChI=1S/C19H27N3O4S/c1-20-17-9-8-16(13-18(17)26-19(20)23)27(24,25)22-12-6-3-7-15(22)14-21-10-4-2-5-11-21/h8-9,13,15H,2-7,10-12,14H2,1H3/t15-/m0/s1. The van der Waals surface area contributed by atoms with Crippen molar-refractivity contribution in [2.24, 2.45) is 7.05 Å². The van der Waals surface area contributed by atoms with E-state index in [0.29, 0.717) is 17.6 Å². The summed E-state index contributed by atoms with van der Waals surface area (Å²) < 4.78 is 35.0. The van der Waals surface area contributed by atoms with Gasteiger partial charge in [-0.2, -0.15) is 4.31 Å². The zero-order valence-electron chi connectivity index (χ0n) is 15.8. The first-order chi connectivity index (χ1) is 13.0. The van der Waals surface area contributed by atoms with Crippen molar-refractivity contribution in [3.63, 3.8) is 0 Å². The third kappa shape index (κ3) is 3.58. The molecule has 2 fully saturated rings. The predicted molar refractivity (Wildman–Crippen MR) is 103 cm³/mol. The lowest BCUT2D eigenvalue weighted by atomic mass is 10.0. The Kier molecular flexibility index (Phi) is 5.13. The van der Waals surface area contributed by atoms with Gasteiger partial charge in [0, 0.05) is 32.2 Å². The van der Waals surface area contributed by atoms with Crippen molar-refractivity contribution >= 4 is 21.1 Å². The van der Waals surface area contributed by atoms with E-state index in [-0.39, 0.29) is 10.9 Å². The maximum atomic E-state index is 13.4. The second kappa shape index (κ2) is 7.41. The zero-order valence-corrected chi connectivity index (χ0v) is 16.6. The van der Waals surface area contributed by atoms with Gasteiger partial charge in [-0.3, -0.25) is 4.57 Å². The molecule has 0 radical (unpaired) electrons. The number of fused-ring (bicyclic) bond motifs is 1. The van der Waals surface area contributed by atoms with Gasteiger partial charge in [0.25, 0.3) is 0 Å². The quantitative estimate of drug-likeness (QED) is 0.796. The second-order valence-electron chi connectivity index (χ2n) is 7.68. The first-order valence-electron chi connectivity index (χ1n) is 9.80. The van der Waals surface area contributed by atoms with Gasteiger partial charge in [-0.15, -0.1) is 0 Å². The number of hydrogen-bond donors (Lipinski definition) is 0. The van der Waals surface area contributed by atoms with Crippen LogP contribution < -0.4 is 5.76 Å². The molecule has 0 unspecified atom stereocenters. The number of hydrogen-bond acceptors (Lipinski definition) is 5. The molecule has 0 N–H and O–H groups in total. The van der Waals surface area contributed by atoms with Crippen LogP contribution in [0.25, 0.3) is 11.1 Å². The highest BCUT2D eigenvalue weighted by atomic mass is 32.2. The average molecular weight is 394 g/mol. The summed E-state index contributed by atoms with van der Waals surface area (Å²) in [6, 6.07) is 4.73. The van der Waals surface area contributed by atoms with Crippen molar-refractivity contribution in [1.29, 1.82) is 0 Å². The maximum absolute atomic E-state index is 13.4. The molecule has 0 aliphatic carbocycles. The molecule has 4 rings (SSSR count). The molecule has 2 aromatic rings. The van der Waals surface area contributed by atoms with Gasteiger partial charge in [0.05, 0.1) is 10.4 Å². The molecule has 1 aromatic carbocycles. The summed E-state index contributed by atoms with van der Waals surface area (Å²) in [5, 5.41) is 0. The van der Waals surface area contributed by atoms with E-state index in [2.05, 4.69) is 4.90 Å². The van der Waals surface area contributed by atoms with E-state index in [0.717, 1.165) is 38.9 Å². The number of piperidine rings is 2. The number of aromatic nitrogens is 1. The minimum atomic E-state index is -3.62. The topological polar surface area (TPSA) is 75.8 Å². The Morgan fingerprint density at radius 2 is 1.81 bits per heavy atom. The average Bonchev–Trinajstić information content (AvgIpc) is 2.96. The lowest BCUT2D eigenvalue weighted by Crippen LogP contribution is -2.50. The van der Waals surface area contributed by atoms with Crippen molar-refractivity contribution in [1.82, 2.24) is 13.8 Å². The summed E-state index contributed by atoms with van der Waals surface area (Å²) in [5.41, 5.74) is 0.913. The lowest BCUT2D eigenvalue weighted by Gasteiger charge is -2.38. The van der Waals surface area contributed by atoms with Crippen LogP contribution >= 0.6 is 0 Å². The summed E-state index contributed by atoms with van der Waals surface area (Å²) >= 11 is 0. The first-order valence-corrected chi connectivity index (χ1v) is 11.2. The Balaban J connectivity index is 1.63. The number of rotatable bonds is 4. The SMILES string of the molecule is Cn1c(=O)oc2cc(S(=O)(=O)N3CCCC[C@H]3CN3CCCCC3)ccc21. The van der Waals surface area contributed by atoms with Crippen LogP contribution in [0.1, 0.15) is 38.5 Å². The zero-order chi connectivity index (χ0) is 19.0. The number of oxazole rings is 1. The second-order valence-corrected chi connectivity index (χ2v) is 9.57. The van der Waals surface area contributed by atoms with Crippen LogP contribution in [0.2, 0.25) is 0 Å². The Hall–Kier alpha value is -1.64. The summed E-state index contributed by atoms with van der Waals surface area (Å²) in [5.74, 6) is -0.486. The highest BCUT2D eigenvalue weighted by Gasteiger charge is 2.35. The van der Waals surface area contributed by atoms with E-state index in [4.69, 9.17) is 4.42 Å². The fourth-order valence-corrected chi connectivity index (χ4v) is 6.02. The van der Waals surface area contributed by atoms with E-state index in [9.17, 15) is 13.2 Å². The van der Waals surface area contributed by atoms with Gasteiger partial charge in [0.15, 0.2) is 5.58 Å². The van der Waals surface area contributed by atoms with Crippen molar-refractivity contribution < 1.29 is 12.8 Å². The van der Waals surface area contributed by atoms with Gasteiger partial charge < -0.3 is 9.32 Å². The minimum Gasteiger partial charge on any atom is -0.408 e. The summed E-state index contributed by atoms with van der Waals surface area (Å²) in [6.07, 6.45) is 6.52. The number of sulfonamides is 1. The number of aryl methyl sites for hydroxylation is 1. The summed E-state index contributed by atoms with van der Waals surface area (Å²) in [4.78, 5) is 14.3. The van der Waals surface area contributed by atoms with Crippen LogP contribution in [0, 0.1) is 0 Å². The Labute approximate surface area is 159 Å². The summed E-state index contributed by atoms with van der Waals surface area (Å²) in [6.45, 7) is 3.48. The molecule has 0 amide bonds. The van der Waals surface area contributed by atoms with Crippen LogP contribution in [-0.2, 0) is 17.1 Å². The molecule has 2 aliphatic heterocycles. The number of likely N-dealkylation sites (tertiary alicyclic amines) is 1. The van der Waals surface area contributed by atoms with E-state index in [1.165, 1.54) is 29.9 Å². The van der Waals surface area contributed by atoms with Crippen molar-refractivity contribution in [2.45, 2.75) is 49.5 Å². The largest absolute Gasteiger partial charge is 0.419 e. The predicted octanol–water partition coefficient (Wildman–Crippen LogP) is 2.16. The number of nitrogens with zero attached hydrogens (tertiary/aromatic N) is 3. The highest BCUT2D eigenvalue weighted by molar-refractivity contribution is 7.89. The van der Waals surface area contributed by atoms with Gasteiger partial charge in [-0.1, -0.05) is 12.8 Å². The molecule has 2 aliphatic rings. The molecule has 0 spiro atoms. The molecule has 1 aromatic heterocycles. The maximum Gasteiger partial charge on any atom is 0.419 e. The highest BCUT2D eigenvalue weighted by Crippen LogP contribution is 2.28. The van der Waals surface area contributed by atoms with Gasteiger partial charge in [-0.25, -0.2) is 13.2 Å². The van der Waals surface area contributed by atoms with Crippen LogP contribution in [0.3, 0.4) is 0 Å². The molecule has 148 valence electrons. The third-order valence-electron chi connectivity index (χ3n) is 5.86. The Bertz CT molecular complexity index is 972. The third-order valence-corrected chi connectivity index (χ3v) is 7.81. The lowest BCUT2D eigenvalue weighted by molar-refractivity contribution is 0.150. The Morgan fingerprint density at radius 1 is 1.07 bits per heavy atom. The van der Waals surface area contributed by atoms with Gasteiger partial charge in [0.2, 0.25) is 10.0 Å². The van der Waals surface area contributed by atoms with Crippen LogP contribution in [-0.4, -0.2) is 54.4 Å². The Morgan fingerprint density at radius 3 is 2.59 bits per heavy atom. The first kappa shape index (κ1) is 18.7. The van der Waals surface area contributed by atoms with E-state index < -0.39 is 15.8 Å². The van der Waals surface area contributed by atoms with Crippen LogP contribution in [0.5, 0.6) is 0 Å². The fraction of sp³-hybridized carbons (Fsp3) is 0.632. The van der Waals surface area contributed by atoms with Gasteiger partial charge in [-0.05, 0) is 50.9 Å². The van der Waals surface area contributed by atoms with E-state index in [1.54, 1.807) is 23.5 Å². The summed E-state index contributed by atoms with van der Waals surface area (Å²) in [7, 11) is -2.01. The molecular formula is C19H27N3O4S. The van der Waals surface area contributed by atoms with Crippen molar-refractivity contribution in [3.8, 4) is 0 Å². The molecule has 0 bridgehead atoms. The van der Waals surface area contributed by atoms with Gasteiger partial charge >= 0.3 is 5.76 Å². The van der Waals surface area contributed by atoms with Crippen LogP contribution in [0.15, 0.2) is 32.3 Å². The smallest absolute Gasteiger partial charge is 0.408 e. The van der Waals surface area contributed by atoms with E-state index in [1.807, 2.05) is 0 Å². The molecule has 1 atom stereocenters. The molecular weight excluding hydrogens is 366 g/mol. The number of benzene rings is 1. The molecule has 8 heteroatoms. The van der Waals surface area contributed by atoms with Crippen LogP contribution in [0.4, 0.5) is 0 Å². The van der Waals surface area contributed by atoms with Crippen molar-refractivity contribution in [2.75, 3.05) is 26.2 Å².